The number of benzene rings is 1. The van der Waals surface area contributed by atoms with Crippen molar-refractivity contribution in [2.75, 3.05) is 0 Å². The van der Waals surface area contributed by atoms with Crippen LogP contribution in [0, 0.1) is 3.57 Å². The normalized spacial score (nSPS) is 14.3. The molecule has 20 heavy (non-hydrogen) atoms. The Morgan fingerprint density at radius 3 is 2.95 bits per heavy atom. The lowest BCUT2D eigenvalue weighted by Gasteiger charge is -2.09. The molecule has 1 fully saturated rings. The van der Waals surface area contributed by atoms with Crippen LogP contribution < -0.4 is 10.1 Å². The summed E-state index contributed by atoms with van der Waals surface area (Å²) in [5.74, 6) is 1.36. The second-order valence-electron chi connectivity index (χ2n) is 4.83. The van der Waals surface area contributed by atoms with E-state index in [0.29, 0.717) is 16.9 Å². The van der Waals surface area contributed by atoms with Gasteiger partial charge >= 0.3 is 0 Å². The van der Waals surface area contributed by atoms with E-state index in [4.69, 9.17) is 16.3 Å². The predicted molar refractivity (Wildman–Crippen MR) is 88.3 cm³/mol. The van der Waals surface area contributed by atoms with Gasteiger partial charge in [-0.1, -0.05) is 17.7 Å². The molecule has 1 N–H and O–H groups in total. The first-order valence-electron chi connectivity index (χ1n) is 6.52. The van der Waals surface area contributed by atoms with Gasteiger partial charge in [-0.2, -0.15) is 0 Å². The third kappa shape index (κ3) is 3.84. The molecule has 0 unspecified atom stereocenters. The van der Waals surface area contributed by atoms with E-state index in [2.05, 4.69) is 32.9 Å². The summed E-state index contributed by atoms with van der Waals surface area (Å²) in [5.41, 5.74) is 1.02. The summed E-state index contributed by atoms with van der Waals surface area (Å²) in [6, 6.07) is 10.4. The van der Waals surface area contributed by atoms with Crippen molar-refractivity contribution in [3.05, 3.63) is 50.7 Å². The fourth-order valence-electron chi connectivity index (χ4n) is 1.84. The number of hydrogen-bond acceptors (Lipinski definition) is 3. The van der Waals surface area contributed by atoms with Gasteiger partial charge in [-0.15, -0.1) is 0 Å². The van der Waals surface area contributed by atoms with E-state index in [1.54, 1.807) is 6.20 Å². The Hall–Kier alpha value is -0.850. The van der Waals surface area contributed by atoms with Crippen molar-refractivity contribution >= 4 is 34.2 Å². The molecule has 0 bridgehead atoms. The number of hydrogen-bond donors (Lipinski definition) is 1. The minimum Gasteiger partial charge on any atom is -0.439 e. The number of ether oxygens (including phenoxy) is 1. The van der Waals surface area contributed by atoms with Crippen molar-refractivity contribution in [1.29, 1.82) is 0 Å². The lowest BCUT2D eigenvalue weighted by Crippen LogP contribution is -2.15. The molecule has 1 heterocycles. The van der Waals surface area contributed by atoms with E-state index < -0.39 is 0 Å². The number of halogens is 2. The molecule has 1 aliphatic rings. The van der Waals surface area contributed by atoms with Crippen LogP contribution in [0.25, 0.3) is 0 Å². The lowest BCUT2D eigenvalue weighted by molar-refractivity contribution is 0.461. The maximum absolute atomic E-state index is 6.17. The van der Waals surface area contributed by atoms with Gasteiger partial charge in [0.05, 0.1) is 5.02 Å². The van der Waals surface area contributed by atoms with E-state index in [1.165, 1.54) is 12.8 Å². The molecule has 0 atom stereocenters. The van der Waals surface area contributed by atoms with Gasteiger partial charge in [-0.3, -0.25) is 0 Å². The molecule has 5 heteroatoms. The van der Waals surface area contributed by atoms with E-state index in [1.807, 2.05) is 30.3 Å². The van der Waals surface area contributed by atoms with Crippen LogP contribution in [0.15, 0.2) is 36.5 Å². The average molecular weight is 401 g/mol. The maximum Gasteiger partial charge on any atom is 0.219 e. The summed E-state index contributed by atoms with van der Waals surface area (Å²) in [4.78, 5) is 4.22. The molecule has 0 saturated heterocycles. The average Bonchev–Trinajstić information content (AvgIpc) is 3.23. The summed E-state index contributed by atoms with van der Waals surface area (Å²) in [7, 11) is 0. The summed E-state index contributed by atoms with van der Waals surface area (Å²) < 4.78 is 6.90. The second kappa shape index (κ2) is 6.28. The fourth-order valence-corrected chi connectivity index (χ4v) is 2.53. The quantitative estimate of drug-likeness (QED) is 0.756. The summed E-state index contributed by atoms with van der Waals surface area (Å²) in [6.07, 6.45) is 4.16. The maximum atomic E-state index is 6.17. The first kappa shape index (κ1) is 14.1. The third-order valence-electron chi connectivity index (χ3n) is 3.09. The molecular formula is C15H14ClIN2O. The van der Waals surface area contributed by atoms with Gasteiger partial charge in [0.2, 0.25) is 5.88 Å². The second-order valence-corrected chi connectivity index (χ2v) is 6.48. The Labute approximate surface area is 136 Å². The van der Waals surface area contributed by atoms with Gasteiger partial charge in [0.1, 0.15) is 5.75 Å². The molecule has 0 aliphatic heterocycles. The monoisotopic (exact) mass is 400 g/mol. The summed E-state index contributed by atoms with van der Waals surface area (Å²) in [6.45, 7) is 0.759. The van der Waals surface area contributed by atoms with Crippen molar-refractivity contribution in [1.82, 2.24) is 10.3 Å². The van der Waals surface area contributed by atoms with Crippen LogP contribution in [0.2, 0.25) is 5.02 Å². The minimum absolute atomic E-state index is 0.573. The molecule has 1 saturated carbocycles. The zero-order valence-corrected chi connectivity index (χ0v) is 13.7. The number of rotatable bonds is 5. The molecule has 3 rings (SSSR count). The largest absolute Gasteiger partial charge is 0.439 e. The van der Waals surface area contributed by atoms with E-state index in [0.717, 1.165) is 21.4 Å². The Bertz CT molecular complexity index is 617. The van der Waals surface area contributed by atoms with Gasteiger partial charge in [-0.05, 0) is 59.2 Å². The molecule has 0 amide bonds. The first-order valence-corrected chi connectivity index (χ1v) is 7.97. The first-order chi connectivity index (χ1) is 9.70. The van der Waals surface area contributed by atoms with Crippen LogP contribution in [0.3, 0.4) is 0 Å². The van der Waals surface area contributed by atoms with Crippen LogP contribution in [-0.4, -0.2) is 11.0 Å². The number of pyridine rings is 1. The molecule has 1 aromatic carbocycles. The number of nitrogens with zero attached hydrogens (tertiary/aromatic N) is 1. The summed E-state index contributed by atoms with van der Waals surface area (Å²) >= 11 is 8.43. The molecular weight excluding hydrogens is 387 g/mol. The van der Waals surface area contributed by atoms with Gasteiger partial charge < -0.3 is 10.1 Å². The highest BCUT2D eigenvalue weighted by molar-refractivity contribution is 14.1. The summed E-state index contributed by atoms with van der Waals surface area (Å²) in [5, 5.41) is 4.12. The molecule has 2 aromatic rings. The number of nitrogens with one attached hydrogen (secondary N) is 1. The Balaban J connectivity index is 1.73. The van der Waals surface area contributed by atoms with E-state index in [9.17, 15) is 0 Å². The lowest BCUT2D eigenvalue weighted by atomic mass is 10.2. The topological polar surface area (TPSA) is 34.1 Å². The van der Waals surface area contributed by atoms with Gasteiger partial charge in [-0.25, -0.2) is 4.98 Å². The van der Waals surface area contributed by atoms with Crippen LogP contribution in [0.1, 0.15) is 18.4 Å². The predicted octanol–water partition coefficient (Wildman–Crippen LogP) is 4.38. The van der Waals surface area contributed by atoms with Gasteiger partial charge in [0.15, 0.2) is 0 Å². The van der Waals surface area contributed by atoms with Crippen LogP contribution >= 0.6 is 34.2 Å². The van der Waals surface area contributed by atoms with Crippen molar-refractivity contribution < 1.29 is 4.74 Å². The highest BCUT2D eigenvalue weighted by atomic mass is 127. The zero-order chi connectivity index (χ0) is 13.9. The van der Waals surface area contributed by atoms with Crippen molar-refractivity contribution in [3.63, 3.8) is 0 Å². The van der Waals surface area contributed by atoms with Crippen molar-refractivity contribution in [2.45, 2.75) is 25.4 Å². The minimum atomic E-state index is 0.573. The SMILES string of the molecule is Clc1cnc(Oc2cccc(I)c2)cc1CNC1CC1. The standard InChI is InChI=1S/C15H14ClIN2O/c16-14-9-19-15(6-10(14)8-18-12-4-5-12)20-13-3-1-2-11(17)7-13/h1-3,6-7,9,12,18H,4-5,8H2. The van der Waals surface area contributed by atoms with Crippen LogP contribution in [0.4, 0.5) is 0 Å². The number of aromatic nitrogens is 1. The molecule has 1 aliphatic carbocycles. The van der Waals surface area contributed by atoms with E-state index in [-0.39, 0.29) is 0 Å². The fraction of sp³-hybridized carbons (Fsp3) is 0.267. The van der Waals surface area contributed by atoms with Crippen LogP contribution in [-0.2, 0) is 6.54 Å². The van der Waals surface area contributed by atoms with Gasteiger partial charge in [0.25, 0.3) is 0 Å². The Kier molecular flexibility index (Phi) is 4.43. The van der Waals surface area contributed by atoms with Crippen LogP contribution in [0.5, 0.6) is 11.6 Å². The van der Waals surface area contributed by atoms with Gasteiger partial charge in [0, 0.05) is 28.4 Å². The van der Waals surface area contributed by atoms with E-state index >= 15 is 0 Å². The smallest absolute Gasteiger partial charge is 0.219 e. The zero-order valence-electron chi connectivity index (χ0n) is 10.8. The Morgan fingerprint density at radius 2 is 2.20 bits per heavy atom. The Morgan fingerprint density at radius 1 is 1.35 bits per heavy atom. The van der Waals surface area contributed by atoms with Crippen molar-refractivity contribution in [2.24, 2.45) is 0 Å². The highest BCUT2D eigenvalue weighted by Crippen LogP contribution is 2.26. The molecule has 0 spiro atoms. The molecule has 1 aromatic heterocycles. The molecule has 0 radical (unpaired) electrons. The molecule has 104 valence electrons. The molecule has 3 nitrogen and oxygen atoms in total. The van der Waals surface area contributed by atoms with Crippen molar-refractivity contribution in [3.8, 4) is 11.6 Å². The highest BCUT2D eigenvalue weighted by Gasteiger charge is 2.20. The third-order valence-corrected chi connectivity index (χ3v) is 4.10.